The van der Waals surface area contributed by atoms with E-state index >= 15 is 0 Å². The average molecular weight is 409 g/mol. The Kier molecular flexibility index (Phi) is 6.48. The molecule has 4 heterocycles. The summed E-state index contributed by atoms with van der Waals surface area (Å²) in [4.78, 5) is 24.1. The summed E-state index contributed by atoms with van der Waals surface area (Å²) < 4.78 is 5.51. The topological polar surface area (TPSA) is 81.7 Å². The molecule has 1 saturated heterocycles. The predicted octanol–water partition coefficient (Wildman–Crippen LogP) is 1.76. The lowest BCUT2D eigenvalue weighted by Crippen LogP contribution is -2.36. The molecular formula is C23H28N4O3. The molecule has 158 valence electrons. The van der Waals surface area contributed by atoms with Gasteiger partial charge in [0.1, 0.15) is 5.65 Å². The fourth-order valence-corrected chi connectivity index (χ4v) is 4.02. The van der Waals surface area contributed by atoms with Gasteiger partial charge in [-0.3, -0.25) is 9.69 Å². The smallest absolute Gasteiger partial charge is 0.219 e. The number of pyridine rings is 1. The lowest BCUT2D eigenvalue weighted by atomic mass is 9.99. The normalized spacial score (nSPS) is 17.5. The predicted molar refractivity (Wildman–Crippen MR) is 116 cm³/mol. The number of carbonyl (C=O) groups excluding carboxylic acids is 1. The van der Waals surface area contributed by atoms with Crippen molar-refractivity contribution in [3.63, 3.8) is 0 Å². The zero-order chi connectivity index (χ0) is 20.9. The van der Waals surface area contributed by atoms with Gasteiger partial charge in [0.25, 0.3) is 0 Å². The van der Waals surface area contributed by atoms with Gasteiger partial charge in [0.15, 0.2) is 0 Å². The second-order valence-electron chi connectivity index (χ2n) is 7.71. The highest BCUT2D eigenvalue weighted by molar-refractivity contribution is 5.88. The van der Waals surface area contributed by atoms with Gasteiger partial charge in [0.05, 0.1) is 19.8 Å². The molecule has 2 aromatic rings. The van der Waals surface area contributed by atoms with Gasteiger partial charge in [-0.05, 0) is 18.1 Å². The minimum absolute atomic E-state index is 0.0602. The van der Waals surface area contributed by atoms with Crippen molar-refractivity contribution >= 4 is 22.5 Å². The van der Waals surface area contributed by atoms with Crippen molar-refractivity contribution in [1.29, 1.82) is 0 Å². The van der Waals surface area contributed by atoms with Crippen molar-refractivity contribution in [3.05, 3.63) is 35.2 Å². The number of nitrogens with one attached hydrogen (secondary N) is 1. The van der Waals surface area contributed by atoms with Crippen molar-refractivity contribution in [2.24, 2.45) is 0 Å². The van der Waals surface area contributed by atoms with Gasteiger partial charge in [-0.15, -0.1) is 0 Å². The Morgan fingerprint density at radius 1 is 1.33 bits per heavy atom. The highest BCUT2D eigenvalue weighted by atomic mass is 16.5. The van der Waals surface area contributed by atoms with E-state index in [1.165, 1.54) is 11.1 Å². The molecule has 0 spiro atoms. The zero-order valence-corrected chi connectivity index (χ0v) is 17.4. The van der Waals surface area contributed by atoms with Crippen LogP contribution < -0.4 is 0 Å². The first kappa shape index (κ1) is 20.6. The molecule has 0 atom stereocenters. The van der Waals surface area contributed by atoms with Gasteiger partial charge in [0.2, 0.25) is 5.91 Å². The quantitative estimate of drug-likeness (QED) is 0.754. The number of aromatic nitrogens is 2. The Bertz CT molecular complexity index is 1010. The molecule has 1 fully saturated rings. The Labute approximate surface area is 176 Å². The van der Waals surface area contributed by atoms with Crippen LogP contribution in [0.4, 0.5) is 0 Å². The van der Waals surface area contributed by atoms with Gasteiger partial charge in [-0.2, -0.15) is 0 Å². The van der Waals surface area contributed by atoms with Gasteiger partial charge in [-0.1, -0.05) is 17.9 Å². The first-order chi connectivity index (χ1) is 14.7. The molecule has 0 aliphatic carbocycles. The molecule has 0 saturated carbocycles. The number of morpholine rings is 1. The number of amides is 1. The fraction of sp³-hybridized carbons (Fsp3) is 0.478. The Balaban J connectivity index is 1.71. The molecule has 2 aliphatic heterocycles. The molecule has 2 aliphatic rings. The van der Waals surface area contributed by atoms with Gasteiger partial charge < -0.3 is 19.7 Å². The third-order valence-corrected chi connectivity index (χ3v) is 5.69. The highest BCUT2D eigenvalue weighted by Crippen LogP contribution is 2.31. The van der Waals surface area contributed by atoms with Crippen LogP contribution in [-0.2, 0) is 16.1 Å². The zero-order valence-electron chi connectivity index (χ0n) is 17.4. The average Bonchev–Trinajstić information content (AvgIpc) is 3.12. The van der Waals surface area contributed by atoms with Crippen molar-refractivity contribution in [2.45, 2.75) is 26.3 Å². The van der Waals surface area contributed by atoms with E-state index in [4.69, 9.17) is 9.84 Å². The van der Waals surface area contributed by atoms with E-state index in [1.54, 1.807) is 13.1 Å². The number of aromatic amines is 1. The monoisotopic (exact) mass is 408 g/mol. The van der Waals surface area contributed by atoms with E-state index in [-0.39, 0.29) is 12.5 Å². The van der Waals surface area contributed by atoms with Crippen LogP contribution in [0.1, 0.15) is 36.6 Å². The largest absolute Gasteiger partial charge is 0.395 e. The summed E-state index contributed by atoms with van der Waals surface area (Å²) in [6.07, 6.45) is 5.21. The Morgan fingerprint density at radius 2 is 2.17 bits per heavy atom. The molecule has 7 nitrogen and oxygen atoms in total. The Hall–Kier alpha value is -2.66. The SMILES string of the molecule is CC(=O)N1CC=C(c2[nH]c3ncc(C#CCCO)cc3c2CN2CCOCC2)CC1. The maximum atomic E-state index is 11.7. The fourth-order valence-electron chi connectivity index (χ4n) is 4.02. The van der Waals surface area contributed by atoms with E-state index < -0.39 is 0 Å². The molecule has 2 aromatic heterocycles. The Morgan fingerprint density at radius 3 is 2.87 bits per heavy atom. The van der Waals surface area contributed by atoms with Crippen LogP contribution in [0.2, 0.25) is 0 Å². The summed E-state index contributed by atoms with van der Waals surface area (Å²) in [5.41, 5.74) is 5.29. The van der Waals surface area contributed by atoms with Crippen LogP contribution in [0.15, 0.2) is 18.3 Å². The minimum Gasteiger partial charge on any atom is -0.395 e. The minimum atomic E-state index is 0.0602. The number of nitrogens with zero attached hydrogens (tertiary/aromatic N) is 3. The number of carbonyl (C=O) groups is 1. The number of rotatable bonds is 4. The molecule has 1 amide bonds. The summed E-state index contributed by atoms with van der Waals surface area (Å²) in [5.74, 6) is 6.19. The number of aliphatic hydroxyl groups excluding tert-OH is 1. The second-order valence-corrected chi connectivity index (χ2v) is 7.71. The molecule has 0 unspecified atom stereocenters. The van der Waals surface area contributed by atoms with Gasteiger partial charge in [-0.25, -0.2) is 4.98 Å². The number of H-pyrrole nitrogens is 1. The van der Waals surface area contributed by atoms with Crippen LogP contribution in [-0.4, -0.2) is 76.8 Å². The van der Waals surface area contributed by atoms with Crippen LogP contribution >= 0.6 is 0 Å². The van der Waals surface area contributed by atoms with Crippen molar-refractivity contribution in [2.75, 3.05) is 46.0 Å². The van der Waals surface area contributed by atoms with Crippen molar-refractivity contribution in [1.82, 2.24) is 19.8 Å². The molecule has 0 bridgehead atoms. The molecule has 2 N–H and O–H groups in total. The van der Waals surface area contributed by atoms with Crippen LogP contribution in [0, 0.1) is 11.8 Å². The number of hydrogen-bond donors (Lipinski definition) is 2. The maximum Gasteiger partial charge on any atom is 0.219 e. The van der Waals surface area contributed by atoms with E-state index in [1.807, 2.05) is 4.90 Å². The third-order valence-electron chi connectivity index (χ3n) is 5.69. The number of hydrogen-bond acceptors (Lipinski definition) is 5. The highest BCUT2D eigenvalue weighted by Gasteiger charge is 2.22. The summed E-state index contributed by atoms with van der Waals surface area (Å²) >= 11 is 0. The summed E-state index contributed by atoms with van der Waals surface area (Å²) in [5, 5.41) is 10.1. The first-order valence-corrected chi connectivity index (χ1v) is 10.5. The number of ether oxygens (including phenoxy) is 1. The van der Waals surface area contributed by atoms with Crippen LogP contribution in [0.25, 0.3) is 16.6 Å². The third kappa shape index (κ3) is 4.57. The standard InChI is InChI=1S/C23H28N4O3/c1-17(29)27-7-5-19(6-8-27)22-21(16-26-9-12-30-13-10-26)20-14-18(4-2-3-11-28)15-24-23(20)25-22/h5,14-15,28H,3,6-13,16H2,1H3,(H,24,25). The molecule has 0 aromatic carbocycles. The first-order valence-electron chi connectivity index (χ1n) is 10.5. The molecular weight excluding hydrogens is 380 g/mol. The summed E-state index contributed by atoms with van der Waals surface area (Å²) in [6, 6.07) is 2.09. The summed E-state index contributed by atoms with van der Waals surface area (Å²) in [6.45, 7) is 7.20. The molecule has 0 radical (unpaired) electrons. The number of fused-ring (bicyclic) bond motifs is 1. The van der Waals surface area contributed by atoms with E-state index in [0.29, 0.717) is 13.0 Å². The molecule has 7 heteroatoms. The van der Waals surface area contributed by atoms with Gasteiger partial charge >= 0.3 is 0 Å². The van der Waals surface area contributed by atoms with Crippen LogP contribution in [0.5, 0.6) is 0 Å². The lowest BCUT2D eigenvalue weighted by Gasteiger charge is -2.28. The van der Waals surface area contributed by atoms with Crippen molar-refractivity contribution < 1.29 is 14.6 Å². The molecule has 30 heavy (non-hydrogen) atoms. The van der Waals surface area contributed by atoms with Crippen molar-refractivity contribution in [3.8, 4) is 11.8 Å². The number of aliphatic hydroxyl groups is 1. The molecule has 4 rings (SSSR count). The summed E-state index contributed by atoms with van der Waals surface area (Å²) in [7, 11) is 0. The second kappa shape index (κ2) is 9.43. The lowest BCUT2D eigenvalue weighted by molar-refractivity contribution is -0.128. The van der Waals surface area contributed by atoms with E-state index in [9.17, 15) is 4.79 Å². The van der Waals surface area contributed by atoms with E-state index in [2.05, 4.69) is 38.9 Å². The van der Waals surface area contributed by atoms with Gasteiger partial charge in [0, 0.05) is 74.5 Å². The van der Waals surface area contributed by atoms with E-state index in [0.717, 1.165) is 68.1 Å². The maximum absolute atomic E-state index is 11.7. The van der Waals surface area contributed by atoms with Crippen LogP contribution in [0.3, 0.4) is 0 Å².